The first-order valence-electron chi connectivity index (χ1n) is 5.87. The highest BCUT2D eigenvalue weighted by Gasteiger charge is 2.02. The standard InChI is InChI=1S/C13H19N4S/c1-16-7-8-17(10-16)6-5-15-13-9-11(18-2)3-4-12(13)14/h3-4,7-10,15H,5-6,14H2,1-2H3/q+1. The minimum absolute atomic E-state index is 0.797. The molecular weight excluding hydrogens is 244 g/mol. The van der Waals surface area contributed by atoms with E-state index in [-0.39, 0.29) is 0 Å². The molecule has 96 valence electrons. The average molecular weight is 263 g/mol. The molecule has 0 saturated carbocycles. The predicted molar refractivity (Wildman–Crippen MR) is 76.7 cm³/mol. The molecule has 2 aromatic rings. The Morgan fingerprint density at radius 2 is 2.28 bits per heavy atom. The van der Waals surface area contributed by atoms with Gasteiger partial charge in [0.2, 0.25) is 6.33 Å². The normalized spacial score (nSPS) is 10.6. The number of hydrogen-bond donors (Lipinski definition) is 2. The topological polar surface area (TPSA) is 46.9 Å². The van der Waals surface area contributed by atoms with Crippen LogP contribution in [0, 0.1) is 0 Å². The number of imidazole rings is 1. The zero-order valence-electron chi connectivity index (χ0n) is 10.8. The molecule has 0 saturated heterocycles. The van der Waals surface area contributed by atoms with Crippen LogP contribution in [-0.2, 0) is 13.6 Å². The first-order valence-corrected chi connectivity index (χ1v) is 7.10. The highest BCUT2D eigenvalue weighted by Crippen LogP contribution is 2.24. The van der Waals surface area contributed by atoms with Crippen molar-refractivity contribution in [1.29, 1.82) is 0 Å². The molecule has 2 rings (SSSR count). The number of nitrogens with zero attached hydrogens (tertiary/aromatic N) is 2. The summed E-state index contributed by atoms with van der Waals surface area (Å²) in [6, 6.07) is 6.08. The van der Waals surface area contributed by atoms with E-state index in [0.29, 0.717) is 0 Å². The van der Waals surface area contributed by atoms with Gasteiger partial charge in [-0.15, -0.1) is 11.8 Å². The van der Waals surface area contributed by atoms with Crippen LogP contribution in [0.2, 0.25) is 0 Å². The Morgan fingerprint density at radius 1 is 1.44 bits per heavy atom. The fraction of sp³-hybridized carbons (Fsp3) is 0.308. The molecule has 18 heavy (non-hydrogen) atoms. The van der Waals surface area contributed by atoms with Crippen LogP contribution in [-0.4, -0.2) is 17.4 Å². The summed E-state index contributed by atoms with van der Waals surface area (Å²) in [5, 5.41) is 3.38. The van der Waals surface area contributed by atoms with E-state index in [1.807, 2.05) is 29.9 Å². The lowest BCUT2D eigenvalue weighted by atomic mass is 10.2. The van der Waals surface area contributed by atoms with Crippen molar-refractivity contribution < 1.29 is 4.57 Å². The molecule has 4 nitrogen and oxygen atoms in total. The van der Waals surface area contributed by atoms with E-state index in [9.17, 15) is 0 Å². The maximum absolute atomic E-state index is 5.95. The quantitative estimate of drug-likeness (QED) is 0.490. The van der Waals surface area contributed by atoms with Crippen molar-refractivity contribution in [3.63, 3.8) is 0 Å². The number of aryl methyl sites for hydroxylation is 1. The molecule has 0 aliphatic carbocycles. The van der Waals surface area contributed by atoms with Crippen LogP contribution in [0.3, 0.4) is 0 Å². The molecule has 0 aliphatic heterocycles. The number of thioether (sulfide) groups is 1. The molecule has 0 bridgehead atoms. The zero-order valence-corrected chi connectivity index (χ0v) is 11.6. The monoisotopic (exact) mass is 263 g/mol. The first kappa shape index (κ1) is 12.8. The van der Waals surface area contributed by atoms with E-state index in [2.05, 4.69) is 34.7 Å². The Morgan fingerprint density at radius 3 is 2.94 bits per heavy atom. The molecular formula is C13H19N4S+. The largest absolute Gasteiger partial charge is 0.397 e. The van der Waals surface area contributed by atoms with Gasteiger partial charge in [-0.1, -0.05) is 0 Å². The van der Waals surface area contributed by atoms with E-state index in [4.69, 9.17) is 5.73 Å². The second-order valence-electron chi connectivity index (χ2n) is 4.20. The van der Waals surface area contributed by atoms with Gasteiger partial charge in [-0.2, -0.15) is 0 Å². The van der Waals surface area contributed by atoms with Crippen molar-refractivity contribution in [2.75, 3.05) is 23.9 Å². The summed E-state index contributed by atoms with van der Waals surface area (Å²) in [5.41, 5.74) is 7.75. The Kier molecular flexibility index (Phi) is 4.15. The number of anilines is 2. The molecule has 1 heterocycles. The molecule has 0 spiro atoms. The van der Waals surface area contributed by atoms with E-state index in [1.54, 1.807) is 11.8 Å². The summed E-state index contributed by atoms with van der Waals surface area (Å²) in [5.74, 6) is 0. The van der Waals surface area contributed by atoms with Crippen LogP contribution < -0.4 is 15.6 Å². The number of aromatic nitrogens is 2. The van der Waals surface area contributed by atoms with Crippen LogP contribution in [0.1, 0.15) is 0 Å². The molecule has 0 fully saturated rings. The molecule has 0 atom stereocenters. The van der Waals surface area contributed by atoms with Crippen molar-refractivity contribution in [1.82, 2.24) is 4.57 Å². The lowest BCUT2D eigenvalue weighted by Gasteiger charge is -2.09. The highest BCUT2D eigenvalue weighted by molar-refractivity contribution is 7.98. The fourth-order valence-corrected chi connectivity index (χ4v) is 2.21. The van der Waals surface area contributed by atoms with Gasteiger partial charge in [-0.3, -0.25) is 0 Å². The Hall–Kier alpha value is -1.62. The minimum Gasteiger partial charge on any atom is -0.397 e. The third-order valence-corrected chi connectivity index (χ3v) is 3.49. The van der Waals surface area contributed by atoms with Crippen molar-refractivity contribution in [2.24, 2.45) is 7.05 Å². The summed E-state index contributed by atoms with van der Waals surface area (Å²) in [6.45, 7) is 1.78. The van der Waals surface area contributed by atoms with Gasteiger partial charge < -0.3 is 11.1 Å². The lowest BCUT2D eigenvalue weighted by molar-refractivity contribution is -0.671. The number of nitrogens with one attached hydrogen (secondary N) is 1. The second-order valence-corrected chi connectivity index (χ2v) is 5.08. The van der Waals surface area contributed by atoms with Gasteiger partial charge in [0, 0.05) is 4.90 Å². The molecule has 0 amide bonds. The first-order chi connectivity index (χ1) is 8.69. The van der Waals surface area contributed by atoms with Gasteiger partial charge in [0.05, 0.1) is 25.0 Å². The predicted octanol–water partition coefficient (Wildman–Crippen LogP) is 1.73. The molecule has 1 aromatic carbocycles. The van der Waals surface area contributed by atoms with Crippen LogP contribution in [0.4, 0.5) is 11.4 Å². The van der Waals surface area contributed by atoms with Gasteiger partial charge in [0.25, 0.3) is 0 Å². The Bertz CT molecular complexity index is 521. The van der Waals surface area contributed by atoms with Gasteiger partial charge in [-0.05, 0) is 24.5 Å². The van der Waals surface area contributed by atoms with Gasteiger partial charge in [-0.25, -0.2) is 9.13 Å². The number of benzene rings is 1. The number of nitrogen functional groups attached to an aromatic ring is 1. The van der Waals surface area contributed by atoms with Crippen LogP contribution >= 0.6 is 11.8 Å². The van der Waals surface area contributed by atoms with Crippen molar-refractivity contribution >= 4 is 23.1 Å². The van der Waals surface area contributed by atoms with Gasteiger partial charge in [0.15, 0.2) is 0 Å². The minimum atomic E-state index is 0.797. The number of hydrogen-bond acceptors (Lipinski definition) is 3. The second kappa shape index (κ2) is 5.82. The van der Waals surface area contributed by atoms with E-state index >= 15 is 0 Å². The molecule has 0 unspecified atom stereocenters. The maximum atomic E-state index is 5.95. The van der Waals surface area contributed by atoms with Crippen LogP contribution in [0.25, 0.3) is 0 Å². The smallest absolute Gasteiger partial charge is 0.243 e. The lowest BCUT2D eigenvalue weighted by Crippen LogP contribution is -2.24. The summed E-state index contributed by atoms with van der Waals surface area (Å²) >= 11 is 1.72. The number of nitrogens with two attached hydrogens (primary N) is 1. The molecule has 3 N–H and O–H groups in total. The summed E-state index contributed by atoms with van der Waals surface area (Å²) in [6.07, 6.45) is 8.21. The molecule has 5 heteroatoms. The molecule has 0 aliphatic rings. The van der Waals surface area contributed by atoms with Crippen LogP contribution in [0.15, 0.2) is 41.8 Å². The third kappa shape index (κ3) is 3.20. The highest BCUT2D eigenvalue weighted by atomic mass is 32.2. The summed E-state index contributed by atoms with van der Waals surface area (Å²) in [4.78, 5) is 1.22. The van der Waals surface area contributed by atoms with E-state index in [0.717, 1.165) is 24.5 Å². The van der Waals surface area contributed by atoms with E-state index < -0.39 is 0 Å². The van der Waals surface area contributed by atoms with E-state index in [1.165, 1.54) is 4.90 Å². The Labute approximate surface area is 112 Å². The maximum Gasteiger partial charge on any atom is 0.243 e. The van der Waals surface area contributed by atoms with Crippen molar-refractivity contribution in [3.05, 3.63) is 36.9 Å². The zero-order chi connectivity index (χ0) is 13.0. The summed E-state index contributed by atoms with van der Waals surface area (Å²) < 4.78 is 4.17. The molecule has 0 radical (unpaired) electrons. The van der Waals surface area contributed by atoms with Gasteiger partial charge >= 0.3 is 0 Å². The third-order valence-electron chi connectivity index (χ3n) is 2.77. The summed E-state index contributed by atoms with van der Waals surface area (Å²) in [7, 11) is 2.02. The molecule has 1 aromatic heterocycles. The average Bonchev–Trinajstić information content (AvgIpc) is 2.77. The Balaban J connectivity index is 1.93. The van der Waals surface area contributed by atoms with Crippen molar-refractivity contribution in [2.45, 2.75) is 11.4 Å². The fourth-order valence-electron chi connectivity index (χ4n) is 1.77. The van der Waals surface area contributed by atoms with Crippen LogP contribution in [0.5, 0.6) is 0 Å². The van der Waals surface area contributed by atoms with Crippen molar-refractivity contribution in [3.8, 4) is 0 Å². The van der Waals surface area contributed by atoms with Gasteiger partial charge in [0.1, 0.15) is 18.9 Å². The SMILES string of the molecule is CSc1ccc(N)c(NCCn2cc[n+](C)c2)c1. The number of rotatable bonds is 5.